The third kappa shape index (κ3) is 3.60. The van der Waals surface area contributed by atoms with Crippen LogP contribution in [0.15, 0.2) is 42.5 Å². The van der Waals surface area contributed by atoms with Gasteiger partial charge in [0, 0.05) is 43.5 Å². The minimum Gasteiger partial charge on any atom is -0.353 e. The van der Waals surface area contributed by atoms with Crippen molar-refractivity contribution in [1.29, 1.82) is 0 Å². The number of rotatable bonds is 3. The maximum atomic E-state index is 12.6. The van der Waals surface area contributed by atoms with Crippen molar-refractivity contribution in [3.05, 3.63) is 65.2 Å². The van der Waals surface area contributed by atoms with Crippen LogP contribution >= 0.6 is 0 Å². The van der Waals surface area contributed by atoms with E-state index < -0.39 is 0 Å². The molecule has 3 aromatic rings. The molecule has 0 unspecified atom stereocenters. The summed E-state index contributed by atoms with van der Waals surface area (Å²) in [7, 11) is 0. The topological polar surface area (TPSA) is 67.2 Å². The Balaban J connectivity index is 1.50. The summed E-state index contributed by atoms with van der Waals surface area (Å²) in [5.74, 6) is 2.45. The van der Waals surface area contributed by atoms with Gasteiger partial charge in [0.2, 0.25) is 0 Å². The zero-order valence-electron chi connectivity index (χ0n) is 16.5. The monoisotopic (exact) mass is 376 g/mol. The molecular formula is C21H24N6O. The second-order valence-electron chi connectivity index (χ2n) is 7.12. The normalized spacial score (nSPS) is 14.4. The maximum Gasteiger partial charge on any atom is 0.253 e. The van der Waals surface area contributed by atoms with Crippen LogP contribution < -0.4 is 4.90 Å². The number of aromatic nitrogens is 4. The maximum absolute atomic E-state index is 12.6. The van der Waals surface area contributed by atoms with E-state index in [9.17, 15) is 4.79 Å². The van der Waals surface area contributed by atoms with E-state index in [-0.39, 0.29) is 5.91 Å². The van der Waals surface area contributed by atoms with E-state index in [0.717, 1.165) is 41.7 Å². The third-order valence-corrected chi connectivity index (χ3v) is 4.95. The molecule has 1 aliphatic rings. The zero-order chi connectivity index (χ0) is 19.7. The Morgan fingerprint density at radius 3 is 2.21 bits per heavy atom. The minimum atomic E-state index is 0.0856. The molecule has 144 valence electrons. The molecule has 1 aromatic carbocycles. The summed E-state index contributed by atoms with van der Waals surface area (Å²) in [6, 6.07) is 13.5. The minimum absolute atomic E-state index is 0.0856. The molecule has 1 amide bonds. The van der Waals surface area contributed by atoms with Crippen molar-refractivity contribution < 1.29 is 4.79 Å². The van der Waals surface area contributed by atoms with Crippen molar-refractivity contribution in [1.82, 2.24) is 24.6 Å². The van der Waals surface area contributed by atoms with Gasteiger partial charge in [-0.15, -0.1) is 0 Å². The van der Waals surface area contributed by atoms with Crippen molar-refractivity contribution in [2.24, 2.45) is 0 Å². The Morgan fingerprint density at radius 1 is 0.893 bits per heavy atom. The molecule has 1 saturated heterocycles. The number of hydrogen-bond acceptors (Lipinski definition) is 5. The van der Waals surface area contributed by atoms with Gasteiger partial charge in [-0.2, -0.15) is 5.10 Å². The Kier molecular flexibility index (Phi) is 4.81. The van der Waals surface area contributed by atoms with Gasteiger partial charge < -0.3 is 9.80 Å². The number of piperazine rings is 1. The predicted octanol–water partition coefficient (Wildman–Crippen LogP) is 2.55. The van der Waals surface area contributed by atoms with E-state index in [2.05, 4.69) is 20.0 Å². The summed E-state index contributed by atoms with van der Waals surface area (Å²) >= 11 is 0. The van der Waals surface area contributed by atoms with Gasteiger partial charge in [-0.25, -0.2) is 14.6 Å². The van der Waals surface area contributed by atoms with E-state index >= 15 is 0 Å². The first-order valence-corrected chi connectivity index (χ1v) is 9.50. The lowest BCUT2D eigenvalue weighted by molar-refractivity contribution is 0.0746. The molecule has 3 heterocycles. The predicted molar refractivity (Wildman–Crippen MR) is 108 cm³/mol. The highest BCUT2D eigenvalue weighted by molar-refractivity contribution is 5.94. The fourth-order valence-electron chi connectivity index (χ4n) is 3.57. The van der Waals surface area contributed by atoms with Gasteiger partial charge in [0.1, 0.15) is 11.6 Å². The van der Waals surface area contributed by atoms with Crippen LogP contribution in [-0.4, -0.2) is 56.7 Å². The Bertz CT molecular complexity index is 989. The van der Waals surface area contributed by atoms with Crippen LogP contribution in [0.1, 0.15) is 27.6 Å². The van der Waals surface area contributed by atoms with Crippen LogP contribution in [0.4, 0.5) is 5.82 Å². The van der Waals surface area contributed by atoms with Crippen LogP contribution in [0.5, 0.6) is 0 Å². The molecule has 1 aliphatic heterocycles. The van der Waals surface area contributed by atoms with Gasteiger partial charge in [0.25, 0.3) is 5.91 Å². The summed E-state index contributed by atoms with van der Waals surface area (Å²) in [4.78, 5) is 25.9. The highest BCUT2D eigenvalue weighted by atomic mass is 16.2. The summed E-state index contributed by atoms with van der Waals surface area (Å²) < 4.78 is 1.85. The van der Waals surface area contributed by atoms with E-state index in [0.29, 0.717) is 18.9 Å². The van der Waals surface area contributed by atoms with Crippen molar-refractivity contribution >= 4 is 11.7 Å². The molecule has 0 atom stereocenters. The van der Waals surface area contributed by atoms with E-state index in [4.69, 9.17) is 0 Å². The smallest absolute Gasteiger partial charge is 0.253 e. The lowest BCUT2D eigenvalue weighted by atomic mass is 10.2. The molecular weight excluding hydrogens is 352 g/mol. The average molecular weight is 376 g/mol. The van der Waals surface area contributed by atoms with E-state index in [1.165, 1.54) is 0 Å². The van der Waals surface area contributed by atoms with Crippen LogP contribution in [0.3, 0.4) is 0 Å². The molecule has 1 fully saturated rings. The summed E-state index contributed by atoms with van der Waals surface area (Å²) in [5, 5.41) is 4.53. The molecule has 0 bridgehead atoms. The number of benzene rings is 1. The van der Waals surface area contributed by atoms with Crippen LogP contribution in [0, 0.1) is 20.8 Å². The zero-order valence-corrected chi connectivity index (χ0v) is 16.5. The van der Waals surface area contributed by atoms with Gasteiger partial charge >= 0.3 is 0 Å². The molecule has 7 heteroatoms. The fourth-order valence-corrected chi connectivity index (χ4v) is 3.57. The van der Waals surface area contributed by atoms with E-state index in [1.807, 2.05) is 72.8 Å². The van der Waals surface area contributed by atoms with Crippen LogP contribution in [0.2, 0.25) is 0 Å². The molecule has 0 aliphatic carbocycles. The summed E-state index contributed by atoms with van der Waals surface area (Å²) in [5.41, 5.74) is 2.74. The number of aryl methyl sites for hydroxylation is 3. The van der Waals surface area contributed by atoms with E-state index in [1.54, 1.807) is 0 Å². The SMILES string of the molecule is Cc1cc(C)n(-c2cc(N3CCN(C(=O)c4ccccc4)CC3)nc(C)n2)n1. The largest absolute Gasteiger partial charge is 0.353 e. The molecule has 7 nitrogen and oxygen atoms in total. The molecule has 0 saturated carbocycles. The number of anilines is 1. The molecule has 4 rings (SSSR count). The number of amides is 1. The number of hydrogen-bond donors (Lipinski definition) is 0. The second kappa shape index (κ2) is 7.42. The highest BCUT2D eigenvalue weighted by Gasteiger charge is 2.23. The van der Waals surface area contributed by atoms with Crippen LogP contribution in [0.25, 0.3) is 5.82 Å². The van der Waals surface area contributed by atoms with Crippen molar-refractivity contribution in [2.75, 3.05) is 31.1 Å². The van der Waals surface area contributed by atoms with Crippen molar-refractivity contribution in [3.63, 3.8) is 0 Å². The Hall–Kier alpha value is -3.22. The standard InChI is InChI=1S/C21H24N6O/c1-15-13-16(2)27(24-15)20-14-19(22-17(3)23-20)25-9-11-26(12-10-25)21(28)18-7-5-4-6-8-18/h4-8,13-14H,9-12H2,1-3H3. The van der Waals surface area contributed by atoms with Gasteiger partial charge in [-0.05, 0) is 39.0 Å². The molecule has 0 N–H and O–H groups in total. The van der Waals surface area contributed by atoms with Gasteiger partial charge in [-0.1, -0.05) is 18.2 Å². The first kappa shape index (κ1) is 18.2. The molecule has 28 heavy (non-hydrogen) atoms. The highest BCUT2D eigenvalue weighted by Crippen LogP contribution is 2.19. The average Bonchev–Trinajstić information content (AvgIpc) is 3.06. The quantitative estimate of drug-likeness (QED) is 0.703. The summed E-state index contributed by atoms with van der Waals surface area (Å²) in [6.07, 6.45) is 0. The van der Waals surface area contributed by atoms with Gasteiger partial charge in [0.05, 0.1) is 5.69 Å². The van der Waals surface area contributed by atoms with Gasteiger partial charge in [-0.3, -0.25) is 4.79 Å². The lowest BCUT2D eigenvalue weighted by Crippen LogP contribution is -2.49. The molecule has 0 spiro atoms. The summed E-state index contributed by atoms with van der Waals surface area (Å²) in [6.45, 7) is 8.72. The first-order chi connectivity index (χ1) is 13.5. The Labute approximate surface area is 164 Å². The number of carbonyl (C=O) groups excluding carboxylic acids is 1. The Morgan fingerprint density at radius 2 is 1.57 bits per heavy atom. The first-order valence-electron chi connectivity index (χ1n) is 9.50. The van der Waals surface area contributed by atoms with Crippen LogP contribution in [-0.2, 0) is 0 Å². The van der Waals surface area contributed by atoms with Gasteiger partial charge in [0.15, 0.2) is 5.82 Å². The lowest BCUT2D eigenvalue weighted by Gasteiger charge is -2.35. The fraction of sp³-hybridized carbons (Fsp3) is 0.333. The molecule has 0 radical (unpaired) electrons. The third-order valence-electron chi connectivity index (χ3n) is 4.95. The second-order valence-corrected chi connectivity index (χ2v) is 7.12. The number of carbonyl (C=O) groups is 1. The van der Waals surface area contributed by atoms with Crippen molar-refractivity contribution in [2.45, 2.75) is 20.8 Å². The molecule has 2 aromatic heterocycles. The number of nitrogens with zero attached hydrogens (tertiary/aromatic N) is 6. The van der Waals surface area contributed by atoms with Crippen molar-refractivity contribution in [3.8, 4) is 5.82 Å².